The number of carboxylic acids is 1. The molecule has 0 aliphatic rings. The summed E-state index contributed by atoms with van der Waals surface area (Å²) in [5, 5.41) is 20.6. The lowest BCUT2D eigenvalue weighted by Gasteiger charge is -2.18. The molecule has 1 amide bonds. The van der Waals surface area contributed by atoms with E-state index < -0.39 is 24.0 Å². The molecule has 7 nitrogen and oxygen atoms in total. The van der Waals surface area contributed by atoms with Gasteiger partial charge in [-0.05, 0) is 35.0 Å². The lowest BCUT2D eigenvalue weighted by atomic mass is 10.1. The Morgan fingerprint density at radius 3 is 2.05 bits per heavy atom. The van der Waals surface area contributed by atoms with Gasteiger partial charge in [-0.25, -0.2) is 4.79 Å². The zero-order valence-corrected chi connectivity index (χ0v) is 13.3. The molecule has 2 atom stereocenters. The van der Waals surface area contributed by atoms with Crippen LogP contribution < -0.4 is 14.8 Å². The molecule has 0 saturated carbocycles. The van der Waals surface area contributed by atoms with Crippen LogP contribution in [0.2, 0.25) is 0 Å². The zero-order valence-electron chi connectivity index (χ0n) is 11.7. The molecule has 0 saturated heterocycles. The molecule has 21 heavy (non-hydrogen) atoms. The van der Waals surface area contributed by atoms with Gasteiger partial charge in [0.2, 0.25) is 0 Å². The van der Waals surface area contributed by atoms with Crippen LogP contribution in [0, 0.1) is 0 Å². The van der Waals surface area contributed by atoms with Crippen molar-refractivity contribution in [3.05, 3.63) is 22.2 Å². The van der Waals surface area contributed by atoms with Crippen LogP contribution in [0.5, 0.6) is 11.5 Å². The molecule has 8 heteroatoms. The molecule has 0 unspecified atom stereocenters. The van der Waals surface area contributed by atoms with E-state index in [1.807, 2.05) is 0 Å². The quantitative estimate of drug-likeness (QED) is 0.698. The summed E-state index contributed by atoms with van der Waals surface area (Å²) in [6, 6.07) is 1.46. The third kappa shape index (κ3) is 4.08. The van der Waals surface area contributed by atoms with Crippen LogP contribution in [0.3, 0.4) is 0 Å². The van der Waals surface area contributed by atoms with Gasteiger partial charge in [0.05, 0.1) is 20.3 Å². The lowest BCUT2D eigenvalue weighted by Crippen LogP contribution is -2.47. The highest BCUT2D eigenvalue weighted by Crippen LogP contribution is 2.35. The first-order chi connectivity index (χ1) is 9.81. The van der Waals surface area contributed by atoms with Gasteiger partial charge in [-0.1, -0.05) is 0 Å². The largest absolute Gasteiger partial charge is 0.495 e. The Bertz CT molecular complexity index is 520. The van der Waals surface area contributed by atoms with Gasteiger partial charge in [-0.2, -0.15) is 0 Å². The van der Waals surface area contributed by atoms with Crippen molar-refractivity contribution in [3.8, 4) is 11.5 Å². The Morgan fingerprint density at radius 2 is 1.71 bits per heavy atom. The molecule has 3 N–H and O–H groups in total. The smallest absolute Gasteiger partial charge is 0.328 e. The Labute approximate surface area is 130 Å². The van der Waals surface area contributed by atoms with Gasteiger partial charge >= 0.3 is 5.97 Å². The number of carbonyl (C=O) groups excluding carboxylic acids is 1. The van der Waals surface area contributed by atoms with Crippen LogP contribution in [0.4, 0.5) is 0 Å². The Morgan fingerprint density at radius 1 is 1.24 bits per heavy atom. The molecule has 0 fully saturated rings. The average Bonchev–Trinajstić information content (AvgIpc) is 2.43. The number of rotatable bonds is 6. The molecule has 0 radical (unpaired) electrons. The molecule has 1 rings (SSSR count). The Balaban J connectivity index is 3.10. The maximum atomic E-state index is 12.1. The van der Waals surface area contributed by atoms with E-state index in [-0.39, 0.29) is 5.56 Å². The molecule has 0 bridgehead atoms. The summed E-state index contributed by atoms with van der Waals surface area (Å²) in [6.45, 7) is 1.28. The second-order valence-corrected chi connectivity index (χ2v) is 5.02. The van der Waals surface area contributed by atoms with Crippen molar-refractivity contribution in [3.63, 3.8) is 0 Å². The molecule has 0 aliphatic heterocycles. The molecule has 1 aromatic carbocycles. The topological polar surface area (TPSA) is 105 Å². The van der Waals surface area contributed by atoms with E-state index in [1.165, 1.54) is 33.3 Å². The van der Waals surface area contributed by atoms with Crippen LogP contribution in [-0.4, -0.2) is 48.5 Å². The van der Waals surface area contributed by atoms with E-state index in [0.717, 1.165) is 0 Å². The number of ether oxygens (including phenoxy) is 2. The van der Waals surface area contributed by atoms with E-state index in [1.54, 1.807) is 0 Å². The van der Waals surface area contributed by atoms with Crippen molar-refractivity contribution in [1.29, 1.82) is 0 Å². The van der Waals surface area contributed by atoms with Crippen molar-refractivity contribution in [2.24, 2.45) is 0 Å². The van der Waals surface area contributed by atoms with Crippen LogP contribution >= 0.6 is 15.9 Å². The summed E-state index contributed by atoms with van der Waals surface area (Å²) in [7, 11) is 2.86. The minimum absolute atomic E-state index is 0.152. The maximum absolute atomic E-state index is 12.1. The second-order valence-electron chi connectivity index (χ2n) is 4.22. The van der Waals surface area contributed by atoms with Gasteiger partial charge in [0.1, 0.15) is 16.0 Å². The van der Waals surface area contributed by atoms with E-state index in [4.69, 9.17) is 14.6 Å². The normalized spacial score (nSPS) is 13.2. The number of methoxy groups -OCH3 is 2. The summed E-state index contributed by atoms with van der Waals surface area (Å²) in [4.78, 5) is 23.1. The number of carbonyl (C=O) groups is 2. The molecule has 1 aromatic rings. The van der Waals surface area contributed by atoms with Crippen molar-refractivity contribution in [1.82, 2.24) is 5.32 Å². The third-order valence-electron chi connectivity index (χ3n) is 2.74. The molecule has 0 heterocycles. The average molecular weight is 362 g/mol. The molecule has 0 spiro atoms. The van der Waals surface area contributed by atoms with Gasteiger partial charge in [0, 0.05) is 5.56 Å². The van der Waals surface area contributed by atoms with Crippen molar-refractivity contribution >= 4 is 27.8 Å². The minimum Gasteiger partial charge on any atom is -0.495 e. The third-order valence-corrected chi connectivity index (χ3v) is 3.52. The molecular weight excluding hydrogens is 346 g/mol. The maximum Gasteiger partial charge on any atom is 0.328 e. The van der Waals surface area contributed by atoms with Crippen molar-refractivity contribution in [2.45, 2.75) is 19.1 Å². The predicted molar refractivity (Wildman–Crippen MR) is 77.8 cm³/mol. The standard InChI is InChI=1S/C13H16BrNO6/c1-6(16)11(13(18)19)15-12(17)7-4-8(20-2)10(14)9(5-7)21-3/h4-6,11,16H,1-3H3,(H,15,17)(H,18,19)/t6-,11+/m1/s1. The summed E-state index contributed by atoms with van der Waals surface area (Å²) in [5.41, 5.74) is 0.152. The summed E-state index contributed by atoms with van der Waals surface area (Å²) < 4.78 is 10.7. The Hall–Kier alpha value is -1.80. The monoisotopic (exact) mass is 361 g/mol. The number of carboxylic acid groups (broad SMARTS) is 1. The van der Waals surface area contributed by atoms with E-state index in [2.05, 4.69) is 21.2 Å². The lowest BCUT2D eigenvalue weighted by molar-refractivity contribution is -0.141. The van der Waals surface area contributed by atoms with Crippen LogP contribution in [0.1, 0.15) is 17.3 Å². The summed E-state index contributed by atoms with van der Waals surface area (Å²) >= 11 is 3.27. The van der Waals surface area contributed by atoms with Crippen LogP contribution in [0.15, 0.2) is 16.6 Å². The van der Waals surface area contributed by atoms with Crippen molar-refractivity contribution < 1.29 is 29.3 Å². The highest BCUT2D eigenvalue weighted by atomic mass is 79.9. The summed E-state index contributed by atoms with van der Waals surface area (Å²) in [6.07, 6.45) is -1.23. The fraction of sp³-hybridized carbons (Fsp3) is 0.385. The first kappa shape index (κ1) is 17.3. The van der Waals surface area contributed by atoms with E-state index in [0.29, 0.717) is 16.0 Å². The SMILES string of the molecule is COc1cc(C(=O)N[C@H](C(=O)O)[C@@H](C)O)cc(OC)c1Br. The van der Waals surface area contributed by atoms with Gasteiger partial charge in [0.15, 0.2) is 6.04 Å². The van der Waals surface area contributed by atoms with Crippen LogP contribution in [0.25, 0.3) is 0 Å². The van der Waals surface area contributed by atoms with Gasteiger partial charge < -0.3 is 25.0 Å². The number of aliphatic hydroxyl groups is 1. The number of nitrogens with one attached hydrogen (secondary N) is 1. The first-order valence-electron chi connectivity index (χ1n) is 5.95. The molecule has 0 aromatic heterocycles. The number of hydrogen-bond donors (Lipinski definition) is 3. The molecule has 0 aliphatic carbocycles. The van der Waals surface area contributed by atoms with Gasteiger partial charge in [-0.3, -0.25) is 4.79 Å². The second kappa shape index (κ2) is 7.28. The van der Waals surface area contributed by atoms with Gasteiger partial charge in [0.25, 0.3) is 5.91 Å². The van der Waals surface area contributed by atoms with Crippen molar-refractivity contribution in [2.75, 3.05) is 14.2 Å². The molecule has 116 valence electrons. The number of aliphatic carboxylic acids is 1. The number of amides is 1. The number of hydrogen-bond acceptors (Lipinski definition) is 5. The van der Waals surface area contributed by atoms with Crippen LogP contribution in [-0.2, 0) is 4.79 Å². The predicted octanol–water partition coefficient (Wildman–Crippen LogP) is 1.03. The highest BCUT2D eigenvalue weighted by Gasteiger charge is 2.26. The van der Waals surface area contributed by atoms with E-state index >= 15 is 0 Å². The van der Waals surface area contributed by atoms with Gasteiger partial charge in [-0.15, -0.1) is 0 Å². The Kier molecular flexibility index (Phi) is 5.98. The fourth-order valence-electron chi connectivity index (χ4n) is 1.61. The van der Waals surface area contributed by atoms with E-state index in [9.17, 15) is 14.7 Å². The first-order valence-corrected chi connectivity index (χ1v) is 6.74. The molecular formula is C13H16BrNO6. The fourth-order valence-corrected chi connectivity index (χ4v) is 2.17. The zero-order chi connectivity index (χ0) is 16.2. The highest BCUT2D eigenvalue weighted by molar-refractivity contribution is 9.10. The number of benzene rings is 1. The minimum atomic E-state index is -1.40. The number of aliphatic hydroxyl groups excluding tert-OH is 1. The summed E-state index contributed by atoms with van der Waals surface area (Å²) in [5.74, 6) is -1.26. The number of halogens is 1.